The van der Waals surface area contributed by atoms with E-state index in [1.54, 1.807) is 4.90 Å². The third-order valence-corrected chi connectivity index (χ3v) is 4.48. The number of carbonyl (C=O) groups excluding carboxylic acids is 1. The molecular weight excluding hydrogens is 248 g/mol. The Balaban J connectivity index is 1.76. The van der Waals surface area contributed by atoms with E-state index in [9.17, 15) is 4.79 Å². The monoisotopic (exact) mass is 275 g/mol. The van der Waals surface area contributed by atoms with Gasteiger partial charge in [0.2, 0.25) is 5.91 Å². The van der Waals surface area contributed by atoms with Crippen LogP contribution in [-0.4, -0.2) is 25.5 Å². The molecular formula is C17H27N2O+. The highest BCUT2D eigenvalue weighted by atomic mass is 16.1. The normalized spacial score (nSPS) is 22.6. The minimum absolute atomic E-state index is 0.138. The molecule has 0 bridgehead atoms. The van der Waals surface area contributed by atoms with Crippen LogP contribution in [0.5, 0.6) is 0 Å². The van der Waals surface area contributed by atoms with Crippen molar-refractivity contribution in [2.75, 3.05) is 25.0 Å². The van der Waals surface area contributed by atoms with Crippen LogP contribution in [-0.2, 0) is 4.79 Å². The lowest BCUT2D eigenvalue weighted by molar-refractivity contribution is -0.905. The predicted molar refractivity (Wildman–Crippen MR) is 83.1 cm³/mol. The molecule has 3 heteroatoms. The molecule has 0 aliphatic carbocycles. The number of benzene rings is 1. The van der Waals surface area contributed by atoms with Crippen LogP contribution in [0.1, 0.15) is 37.3 Å². The van der Waals surface area contributed by atoms with Crippen LogP contribution < -0.4 is 10.2 Å². The summed E-state index contributed by atoms with van der Waals surface area (Å²) in [6, 6.07) is 6.08. The second-order valence-electron chi connectivity index (χ2n) is 6.28. The molecule has 0 radical (unpaired) electrons. The van der Waals surface area contributed by atoms with Crippen molar-refractivity contribution in [3.05, 3.63) is 29.3 Å². The van der Waals surface area contributed by atoms with Gasteiger partial charge in [-0.25, -0.2) is 0 Å². The van der Waals surface area contributed by atoms with Crippen molar-refractivity contribution in [3.63, 3.8) is 0 Å². The Hall–Kier alpha value is -1.35. The van der Waals surface area contributed by atoms with Crippen LogP contribution in [0, 0.1) is 19.8 Å². The molecule has 0 unspecified atom stereocenters. The molecule has 0 saturated carbocycles. The molecule has 1 aliphatic heterocycles. The molecule has 1 heterocycles. The van der Waals surface area contributed by atoms with Crippen molar-refractivity contribution in [2.45, 2.75) is 40.0 Å². The van der Waals surface area contributed by atoms with Crippen LogP contribution in [0.25, 0.3) is 0 Å². The maximum atomic E-state index is 12.0. The highest BCUT2D eigenvalue weighted by Gasteiger charge is 2.19. The average Bonchev–Trinajstić information content (AvgIpc) is 2.42. The van der Waals surface area contributed by atoms with Gasteiger partial charge >= 0.3 is 0 Å². The van der Waals surface area contributed by atoms with Gasteiger partial charge in [0.1, 0.15) is 0 Å². The molecule has 20 heavy (non-hydrogen) atoms. The second-order valence-corrected chi connectivity index (χ2v) is 6.28. The lowest BCUT2D eigenvalue weighted by atomic mass is 9.99. The van der Waals surface area contributed by atoms with Crippen LogP contribution in [0.15, 0.2) is 18.2 Å². The number of anilines is 1. The highest BCUT2D eigenvalue weighted by Crippen LogP contribution is 2.14. The van der Waals surface area contributed by atoms with Gasteiger partial charge in [0.05, 0.1) is 26.1 Å². The minimum Gasteiger partial charge on any atom is -0.334 e. The number of quaternary nitrogens is 1. The van der Waals surface area contributed by atoms with Gasteiger partial charge in [0, 0.05) is 5.69 Å². The van der Waals surface area contributed by atoms with Crippen molar-refractivity contribution in [2.24, 2.45) is 5.92 Å². The zero-order valence-electron chi connectivity index (χ0n) is 13.0. The fraction of sp³-hybridized carbons (Fsp3) is 0.588. The molecule has 0 aromatic heterocycles. The average molecular weight is 275 g/mol. The fourth-order valence-electron chi connectivity index (χ4n) is 2.75. The smallest absolute Gasteiger partial charge is 0.230 e. The SMILES string of the molecule is Cc1ccc(NC(=O)CC[NH+]2CCC(C)CC2)cc1C. The number of aryl methyl sites for hydroxylation is 2. The second kappa shape index (κ2) is 6.89. The zero-order valence-corrected chi connectivity index (χ0v) is 13.0. The Kier molecular flexibility index (Phi) is 5.18. The zero-order chi connectivity index (χ0) is 14.5. The lowest BCUT2D eigenvalue weighted by Crippen LogP contribution is -3.13. The van der Waals surface area contributed by atoms with Crippen LogP contribution in [0.2, 0.25) is 0 Å². The number of piperidine rings is 1. The van der Waals surface area contributed by atoms with Gasteiger partial charge in [-0.1, -0.05) is 13.0 Å². The summed E-state index contributed by atoms with van der Waals surface area (Å²) < 4.78 is 0. The number of rotatable bonds is 4. The van der Waals surface area contributed by atoms with Gasteiger partial charge in [0.25, 0.3) is 0 Å². The van der Waals surface area contributed by atoms with E-state index in [-0.39, 0.29) is 5.91 Å². The van der Waals surface area contributed by atoms with E-state index in [4.69, 9.17) is 0 Å². The minimum atomic E-state index is 0.138. The van der Waals surface area contributed by atoms with Gasteiger partial charge in [-0.3, -0.25) is 4.79 Å². The molecule has 1 aliphatic rings. The first-order chi connectivity index (χ1) is 9.54. The number of hydrogen-bond donors (Lipinski definition) is 2. The molecule has 0 atom stereocenters. The summed E-state index contributed by atoms with van der Waals surface area (Å²) in [5.41, 5.74) is 3.40. The predicted octanol–water partition coefficient (Wildman–Crippen LogP) is 1.95. The molecule has 1 amide bonds. The van der Waals surface area contributed by atoms with E-state index >= 15 is 0 Å². The Labute approximate surface area is 122 Å². The number of hydrogen-bond acceptors (Lipinski definition) is 1. The molecule has 1 saturated heterocycles. The van der Waals surface area contributed by atoms with Crippen molar-refractivity contribution in [3.8, 4) is 0 Å². The third-order valence-electron chi connectivity index (χ3n) is 4.48. The van der Waals surface area contributed by atoms with Crippen LogP contribution >= 0.6 is 0 Å². The quantitative estimate of drug-likeness (QED) is 0.865. The Morgan fingerprint density at radius 3 is 2.60 bits per heavy atom. The largest absolute Gasteiger partial charge is 0.334 e. The first-order valence-corrected chi connectivity index (χ1v) is 7.75. The van der Waals surface area contributed by atoms with Crippen molar-refractivity contribution in [1.82, 2.24) is 0 Å². The van der Waals surface area contributed by atoms with Crippen molar-refractivity contribution < 1.29 is 9.69 Å². The molecule has 2 N–H and O–H groups in total. The Bertz CT molecular complexity index is 462. The molecule has 1 aromatic carbocycles. The first kappa shape index (κ1) is 15.0. The summed E-state index contributed by atoms with van der Waals surface area (Å²) in [5.74, 6) is 1.00. The van der Waals surface area contributed by atoms with Gasteiger partial charge in [-0.2, -0.15) is 0 Å². The van der Waals surface area contributed by atoms with Crippen LogP contribution in [0.4, 0.5) is 5.69 Å². The van der Waals surface area contributed by atoms with Gasteiger partial charge in [-0.15, -0.1) is 0 Å². The standard InChI is InChI=1S/C17H26N2O/c1-13-6-9-19(10-7-13)11-8-17(20)18-16-5-4-14(2)15(3)12-16/h4-5,12-13H,6-11H2,1-3H3,(H,18,20)/p+1. The molecule has 3 nitrogen and oxygen atoms in total. The third kappa shape index (κ3) is 4.34. The number of nitrogens with one attached hydrogen (secondary N) is 2. The summed E-state index contributed by atoms with van der Waals surface area (Å²) >= 11 is 0. The van der Waals surface area contributed by atoms with E-state index in [0.717, 1.165) is 18.2 Å². The number of likely N-dealkylation sites (tertiary alicyclic amines) is 1. The van der Waals surface area contributed by atoms with Gasteiger partial charge in [-0.05, 0) is 55.9 Å². The maximum absolute atomic E-state index is 12.0. The summed E-state index contributed by atoms with van der Waals surface area (Å²) in [6.45, 7) is 9.88. The molecule has 1 fully saturated rings. The van der Waals surface area contributed by atoms with E-state index in [2.05, 4.69) is 32.2 Å². The lowest BCUT2D eigenvalue weighted by Gasteiger charge is -2.27. The summed E-state index contributed by atoms with van der Waals surface area (Å²) in [6.07, 6.45) is 3.22. The first-order valence-electron chi connectivity index (χ1n) is 7.75. The Morgan fingerprint density at radius 2 is 1.95 bits per heavy atom. The fourth-order valence-corrected chi connectivity index (χ4v) is 2.75. The molecule has 1 aromatic rings. The van der Waals surface area contributed by atoms with Crippen LogP contribution in [0.3, 0.4) is 0 Å². The maximum Gasteiger partial charge on any atom is 0.230 e. The summed E-state index contributed by atoms with van der Waals surface area (Å²) in [4.78, 5) is 13.6. The van der Waals surface area contributed by atoms with Gasteiger partial charge < -0.3 is 10.2 Å². The van der Waals surface area contributed by atoms with Crippen molar-refractivity contribution in [1.29, 1.82) is 0 Å². The molecule has 2 rings (SSSR count). The van der Waals surface area contributed by atoms with Gasteiger partial charge in [0.15, 0.2) is 0 Å². The number of carbonyl (C=O) groups is 1. The van der Waals surface area contributed by atoms with E-state index < -0.39 is 0 Å². The summed E-state index contributed by atoms with van der Waals surface area (Å²) in [5, 5.41) is 3.01. The number of amides is 1. The topological polar surface area (TPSA) is 33.5 Å². The molecule has 110 valence electrons. The van der Waals surface area contributed by atoms with Crippen molar-refractivity contribution >= 4 is 11.6 Å². The summed E-state index contributed by atoms with van der Waals surface area (Å²) in [7, 11) is 0. The van der Waals surface area contributed by atoms with E-state index in [1.165, 1.54) is 37.1 Å². The Morgan fingerprint density at radius 1 is 1.25 bits per heavy atom. The molecule has 0 spiro atoms. The highest BCUT2D eigenvalue weighted by molar-refractivity contribution is 5.90. The van der Waals surface area contributed by atoms with E-state index in [0.29, 0.717) is 6.42 Å². The van der Waals surface area contributed by atoms with E-state index in [1.807, 2.05) is 12.1 Å².